The summed E-state index contributed by atoms with van der Waals surface area (Å²) in [6.45, 7) is 0.717. The largest absolute Gasteiger partial charge is 0.479 e. The molecule has 9 heteroatoms. The highest BCUT2D eigenvalue weighted by Gasteiger charge is 2.53. The maximum absolute atomic E-state index is 11.0. The Labute approximate surface area is 105 Å². The SMILES string of the molecule is C[N+](C)(CCS)CCC(O)(C(=O)O)P(=O)(O)O. The van der Waals surface area contributed by atoms with E-state index in [1.807, 2.05) is 0 Å². The maximum atomic E-state index is 11.0. The molecule has 0 aromatic carbocycles. The van der Waals surface area contributed by atoms with Gasteiger partial charge in [0.1, 0.15) is 0 Å². The third-order valence-corrected chi connectivity index (χ3v) is 4.17. The van der Waals surface area contributed by atoms with Crippen LogP contribution in [0.15, 0.2) is 0 Å². The summed E-state index contributed by atoms with van der Waals surface area (Å²) in [6.07, 6.45) is -0.520. The Morgan fingerprint density at radius 3 is 2.12 bits per heavy atom. The molecule has 0 aromatic rings. The third-order valence-electron chi connectivity index (χ3n) is 2.60. The van der Waals surface area contributed by atoms with Gasteiger partial charge in [-0.3, -0.25) is 4.57 Å². The van der Waals surface area contributed by atoms with Gasteiger partial charge in [-0.15, -0.1) is 0 Å². The number of carboxylic acid groups (broad SMARTS) is 1. The van der Waals surface area contributed by atoms with Crippen LogP contribution in [0.3, 0.4) is 0 Å². The molecule has 4 N–H and O–H groups in total. The van der Waals surface area contributed by atoms with Crippen LogP contribution in [0.4, 0.5) is 0 Å². The summed E-state index contributed by atoms with van der Waals surface area (Å²) in [7, 11) is -1.60. The van der Waals surface area contributed by atoms with Gasteiger partial charge < -0.3 is 24.5 Å². The number of carboxylic acids is 1. The summed E-state index contributed by atoms with van der Waals surface area (Å²) in [4.78, 5) is 28.6. The van der Waals surface area contributed by atoms with E-state index in [1.165, 1.54) is 0 Å². The standard InChI is InChI=1S/C8H18NO6PS/c1-9(2,5-6-17)4-3-8(12,7(10)11)16(13,14)15/h12H,3-6H2,1-2H3,(H3-,10,11,13,14,15,17)/p+1. The molecule has 1 unspecified atom stereocenters. The molecule has 0 amide bonds. The smallest absolute Gasteiger partial charge is 0.368 e. The van der Waals surface area contributed by atoms with Gasteiger partial charge in [0.25, 0.3) is 5.34 Å². The Bertz CT molecular complexity index is 330. The van der Waals surface area contributed by atoms with E-state index in [-0.39, 0.29) is 6.54 Å². The Hall–Kier alpha value is -0.110. The van der Waals surface area contributed by atoms with Gasteiger partial charge in [-0.2, -0.15) is 12.6 Å². The fourth-order valence-electron chi connectivity index (χ4n) is 1.22. The van der Waals surface area contributed by atoms with Crippen LogP contribution in [0, 0.1) is 0 Å². The van der Waals surface area contributed by atoms with Crippen LogP contribution in [0.2, 0.25) is 0 Å². The van der Waals surface area contributed by atoms with E-state index in [9.17, 15) is 14.5 Å². The highest BCUT2D eigenvalue weighted by atomic mass is 32.1. The van der Waals surface area contributed by atoms with E-state index >= 15 is 0 Å². The Morgan fingerprint density at radius 1 is 1.35 bits per heavy atom. The molecule has 0 rings (SSSR count). The van der Waals surface area contributed by atoms with Crippen molar-refractivity contribution in [2.45, 2.75) is 11.8 Å². The van der Waals surface area contributed by atoms with Gasteiger partial charge in [0, 0.05) is 12.2 Å². The molecule has 1 atom stereocenters. The van der Waals surface area contributed by atoms with E-state index in [4.69, 9.17) is 14.9 Å². The molecule has 17 heavy (non-hydrogen) atoms. The van der Waals surface area contributed by atoms with Crippen LogP contribution >= 0.6 is 20.2 Å². The second kappa shape index (κ2) is 5.69. The lowest BCUT2D eigenvalue weighted by Crippen LogP contribution is -2.48. The molecular weight excluding hydrogens is 269 g/mol. The van der Waals surface area contributed by atoms with Crippen LogP contribution in [0.5, 0.6) is 0 Å². The van der Waals surface area contributed by atoms with Gasteiger partial charge in [-0.05, 0) is 0 Å². The number of hydrogen-bond acceptors (Lipinski definition) is 4. The molecular formula is C8H19NO6PS+. The topological polar surface area (TPSA) is 115 Å². The molecule has 0 aliphatic carbocycles. The predicted octanol–water partition coefficient (Wildman–Crippen LogP) is -0.666. The summed E-state index contributed by atoms with van der Waals surface area (Å²) in [5, 5.41) is 15.3. The van der Waals surface area contributed by atoms with Crippen molar-refractivity contribution in [2.75, 3.05) is 32.9 Å². The van der Waals surface area contributed by atoms with Crippen molar-refractivity contribution in [3.05, 3.63) is 0 Å². The zero-order valence-corrected chi connectivity index (χ0v) is 11.6. The Balaban J connectivity index is 4.83. The molecule has 0 bridgehead atoms. The van der Waals surface area contributed by atoms with Crippen LogP contribution in [0.25, 0.3) is 0 Å². The second-order valence-electron chi connectivity index (χ2n) is 4.52. The number of carbonyl (C=O) groups is 1. The number of rotatable bonds is 7. The lowest BCUT2D eigenvalue weighted by Gasteiger charge is -2.32. The highest BCUT2D eigenvalue weighted by molar-refractivity contribution is 7.80. The van der Waals surface area contributed by atoms with Crippen LogP contribution in [-0.4, -0.2) is 68.7 Å². The summed E-state index contributed by atoms with van der Waals surface area (Å²) < 4.78 is 11.3. The average molecular weight is 288 g/mol. The van der Waals surface area contributed by atoms with Gasteiger partial charge >= 0.3 is 13.6 Å². The number of quaternary nitrogens is 1. The zero-order valence-electron chi connectivity index (χ0n) is 9.78. The number of aliphatic hydroxyl groups is 1. The number of hydrogen-bond donors (Lipinski definition) is 5. The first-order valence-electron chi connectivity index (χ1n) is 4.90. The molecule has 0 aliphatic heterocycles. The molecule has 102 valence electrons. The van der Waals surface area contributed by atoms with Crippen LogP contribution < -0.4 is 0 Å². The predicted molar refractivity (Wildman–Crippen MR) is 64.9 cm³/mol. The van der Waals surface area contributed by atoms with Crippen molar-refractivity contribution in [1.82, 2.24) is 0 Å². The number of nitrogens with zero attached hydrogens (tertiary/aromatic N) is 1. The van der Waals surface area contributed by atoms with Gasteiger partial charge in [-0.1, -0.05) is 0 Å². The summed E-state index contributed by atoms with van der Waals surface area (Å²) in [6, 6.07) is 0. The van der Waals surface area contributed by atoms with E-state index in [2.05, 4.69) is 12.6 Å². The average Bonchev–Trinajstić information content (AvgIpc) is 2.12. The van der Waals surface area contributed by atoms with Crippen molar-refractivity contribution < 1.29 is 33.8 Å². The first-order chi connectivity index (χ1) is 7.46. The summed E-state index contributed by atoms with van der Waals surface area (Å²) in [5.74, 6) is -1.36. The van der Waals surface area contributed by atoms with Gasteiger partial charge in [0.2, 0.25) is 0 Å². The quantitative estimate of drug-likeness (QED) is 0.241. The maximum Gasteiger partial charge on any atom is 0.368 e. The fourth-order valence-corrected chi connectivity index (χ4v) is 2.40. The summed E-state index contributed by atoms with van der Waals surface area (Å²) >= 11 is 4.03. The molecule has 0 aliphatic rings. The lowest BCUT2D eigenvalue weighted by molar-refractivity contribution is -0.888. The van der Waals surface area contributed by atoms with E-state index in [1.54, 1.807) is 14.1 Å². The Kier molecular flexibility index (Phi) is 5.65. The van der Waals surface area contributed by atoms with Crippen LogP contribution in [-0.2, 0) is 9.36 Å². The molecule has 0 spiro atoms. The number of thiol groups is 1. The first-order valence-corrected chi connectivity index (χ1v) is 7.15. The van der Waals surface area contributed by atoms with Gasteiger partial charge in [-0.25, -0.2) is 4.79 Å². The normalized spacial score (nSPS) is 16.6. The zero-order chi connectivity index (χ0) is 13.9. The minimum atomic E-state index is -5.12. The van der Waals surface area contributed by atoms with Gasteiger partial charge in [0.15, 0.2) is 0 Å². The molecule has 7 nitrogen and oxygen atoms in total. The third kappa shape index (κ3) is 4.57. The molecule has 0 saturated heterocycles. The van der Waals surface area contributed by atoms with E-state index in [0.717, 1.165) is 0 Å². The number of aliphatic carboxylic acids is 1. The fraction of sp³-hybridized carbons (Fsp3) is 0.875. The molecule has 0 saturated carbocycles. The second-order valence-corrected chi connectivity index (χ2v) is 6.80. The Morgan fingerprint density at radius 2 is 1.82 bits per heavy atom. The minimum absolute atomic E-state index is 0.120. The molecule has 0 heterocycles. The van der Waals surface area contributed by atoms with E-state index < -0.39 is 25.3 Å². The lowest BCUT2D eigenvalue weighted by atomic mass is 10.2. The van der Waals surface area contributed by atoms with Crippen molar-refractivity contribution in [3.8, 4) is 0 Å². The first kappa shape index (κ1) is 16.9. The van der Waals surface area contributed by atoms with Gasteiger partial charge in [0.05, 0.1) is 27.2 Å². The summed E-state index contributed by atoms with van der Waals surface area (Å²) in [5.41, 5.74) is 0. The highest BCUT2D eigenvalue weighted by Crippen LogP contribution is 2.51. The molecule has 0 aromatic heterocycles. The molecule has 0 fully saturated rings. The minimum Gasteiger partial charge on any atom is -0.479 e. The monoisotopic (exact) mass is 288 g/mol. The van der Waals surface area contributed by atoms with Crippen LogP contribution in [0.1, 0.15) is 6.42 Å². The van der Waals surface area contributed by atoms with Crippen molar-refractivity contribution >= 4 is 26.2 Å². The van der Waals surface area contributed by atoms with E-state index in [0.29, 0.717) is 16.8 Å². The van der Waals surface area contributed by atoms with Crippen molar-refractivity contribution in [3.63, 3.8) is 0 Å². The van der Waals surface area contributed by atoms with Crippen molar-refractivity contribution in [1.29, 1.82) is 0 Å². The molecule has 0 radical (unpaired) electrons. The van der Waals surface area contributed by atoms with Crippen molar-refractivity contribution in [2.24, 2.45) is 0 Å².